The molecule has 0 saturated heterocycles. The third-order valence-electron chi connectivity index (χ3n) is 2.63. The predicted molar refractivity (Wildman–Crippen MR) is 53.8 cm³/mol. The molecule has 86 valence electrons. The molecule has 1 aliphatic heterocycles. The zero-order valence-electron chi connectivity index (χ0n) is 8.63. The number of nitrogens with zero attached hydrogens (tertiary/aromatic N) is 1. The zero-order chi connectivity index (χ0) is 11.9. The maximum absolute atomic E-state index is 13.5. The van der Waals surface area contributed by atoms with Gasteiger partial charge in [0, 0.05) is 12.0 Å². The van der Waals surface area contributed by atoms with Gasteiger partial charge in [-0.25, -0.2) is 9.37 Å². The van der Waals surface area contributed by atoms with Gasteiger partial charge in [-0.3, -0.25) is 4.79 Å². The fourth-order valence-corrected chi connectivity index (χ4v) is 1.80. The van der Waals surface area contributed by atoms with Gasteiger partial charge < -0.3 is 11.1 Å². The molecule has 2 atom stereocenters. The number of amides is 1. The van der Waals surface area contributed by atoms with Crippen LogP contribution in [0.4, 0.5) is 14.5 Å². The number of pyridine rings is 1. The zero-order valence-corrected chi connectivity index (χ0v) is 8.63. The average Bonchev–Trinajstić information content (AvgIpc) is 2.29. The first-order chi connectivity index (χ1) is 7.49. The predicted octanol–water partition coefficient (Wildman–Crippen LogP) is 1.13. The van der Waals surface area contributed by atoms with Crippen molar-refractivity contribution in [1.29, 1.82) is 0 Å². The van der Waals surface area contributed by atoms with Crippen LogP contribution in [0.3, 0.4) is 0 Å². The lowest BCUT2D eigenvalue weighted by atomic mass is 9.99. The Bertz CT molecular complexity index is 450. The lowest BCUT2D eigenvalue weighted by molar-refractivity contribution is -0.117. The second kappa shape index (κ2) is 3.79. The van der Waals surface area contributed by atoms with E-state index in [-0.39, 0.29) is 17.3 Å². The van der Waals surface area contributed by atoms with E-state index in [9.17, 15) is 13.6 Å². The molecule has 2 heterocycles. The molecule has 2 rings (SSSR count). The number of hydrogen-bond acceptors (Lipinski definition) is 3. The van der Waals surface area contributed by atoms with Gasteiger partial charge in [0.1, 0.15) is 0 Å². The summed E-state index contributed by atoms with van der Waals surface area (Å²) >= 11 is 0. The van der Waals surface area contributed by atoms with Gasteiger partial charge in [-0.1, -0.05) is 6.92 Å². The van der Waals surface area contributed by atoms with Crippen molar-refractivity contribution >= 4 is 11.6 Å². The Balaban J connectivity index is 2.55. The summed E-state index contributed by atoms with van der Waals surface area (Å²) in [6.07, 6.45) is 0.314. The number of nitrogens with two attached hydrogens (primary N) is 1. The van der Waals surface area contributed by atoms with Crippen molar-refractivity contribution in [3.05, 3.63) is 23.5 Å². The highest BCUT2D eigenvalue weighted by Gasteiger charge is 2.28. The van der Waals surface area contributed by atoms with Crippen LogP contribution in [0.15, 0.2) is 6.07 Å². The Morgan fingerprint density at radius 2 is 2.25 bits per heavy atom. The van der Waals surface area contributed by atoms with Gasteiger partial charge in [-0.15, -0.1) is 0 Å². The molecule has 1 amide bonds. The van der Waals surface area contributed by atoms with Gasteiger partial charge in [0.05, 0.1) is 17.4 Å². The van der Waals surface area contributed by atoms with Crippen LogP contribution in [0.25, 0.3) is 0 Å². The monoisotopic (exact) mass is 227 g/mol. The molecule has 0 spiro atoms. The van der Waals surface area contributed by atoms with E-state index < -0.39 is 23.7 Å². The highest BCUT2D eigenvalue weighted by Crippen LogP contribution is 2.31. The van der Waals surface area contributed by atoms with Crippen molar-refractivity contribution in [2.45, 2.75) is 25.3 Å². The normalized spacial score (nSPS) is 24.6. The van der Waals surface area contributed by atoms with Crippen molar-refractivity contribution in [2.75, 3.05) is 5.32 Å². The number of fused-ring (bicyclic) bond motifs is 1. The summed E-state index contributed by atoms with van der Waals surface area (Å²) in [4.78, 5) is 15.0. The number of halogens is 2. The molecule has 16 heavy (non-hydrogen) atoms. The summed E-state index contributed by atoms with van der Waals surface area (Å²) in [5, 5.41) is 2.33. The number of carbonyl (C=O) groups is 1. The lowest BCUT2D eigenvalue weighted by Gasteiger charge is -2.11. The van der Waals surface area contributed by atoms with Crippen LogP contribution in [-0.2, 0) is 4.79 Å². The molecule has 0 fully saturated rings. The first-order valence-corrected chi connectivity index (χ1v) is 4.91. The standard InChI is InChI=1S/C10H11F2N3O/c1-4-2-6(13)10(16)15-9-5(11)3-7(12)14-8(4)9/h3-4,6H,2,13H2,1H3,(H,15,16)/t4-,6+/m0/s1. The quantitative estimate of drug-likeness (QED) is 0.653. The first-order valence-electron chi connectivity index (χ1n) is 4.91. The summed E-state index contributed by atoms with van der Waals surface area (Å²) in [7, 11) is 0. The molecule has 0 aromatic carbocycles. The number of anilines is 1. The van der Waals surface area contributed by atoms with E-state index >= 15 is 0 Å². The van der Waals surface area contributed by atoms with Gasteiger partial charge in [0.15, 0.2) is 5.82 Å². The van der Waals surface area contributed by atoms with Gasteiger partial charge in [-0.05, 0) is 6.42 Å². The van der Waals surface area contributed by atoms with E-state index in [0.29, 0.717) is 12.5 Å². The average molecular weight is 227 g/mol. The largest absolute Gasteiger partial charge is 0.321 e. The van der Waals surface area contributed by atoms with Gasteiger partial charge in [-0.2, -0.15) is 4.39 Å². The smallest absolute Gasteiger partial charge is 0.241 e. The molecular formula is C10H11F2N3O. The molecule has 4 nitrogen and oxygen atoms in total. The number of rotatable bonds is 0. The summed E-state index contributed by atoms with van der Waals surface area (Å²) in [6.45, 7) is 1.73. The minimum Gasteiger partial charge on any atom is -0.321 e. The van der Waals surface area contributed by atoms with Crippen molar-refractivity contribution in [3.8, 4) is 0 Å². The van der Waals surface area contributed by atoms with Crippen molar-refractivity contribution in [3.63, 3.8) is 0 Å². The van der Waals surface area contributed by atoms with E-state index in [4.69, 9.17) is 5.73 Å². The maximum Gasteiger partial charge on any atom is 0.241 e. The van der Waals surface area contributed by atoms with Crippen LogP contribution >= 0.6 is 0 Å². The number of nitrogens with one attached hydrogen (secondary N) is 1. The maximum atomic E-state index is 13.5. The number of hydrogen-bond donors (Lipinski definition) is 2. The fourth-order valence-electron chi connectivity index (χ4n) is 1.80. The van der Waals surface area contributed by atoms with Crippen LogP contribution < -0.4 is 11.1 Å². The van der Waals surface area contributed by atoms with Crippen LogP contribution in [0.5, 0.6) is 0 Å². The van der Waals surface area contributed by atoms with Gasteiger partial charge >= 0.3 is 0 Å². The van der Waals surface area contributed by atoms with Crippen LogP contribution in [0, 0.1) is 11.8 Å². The molecule has 1 aromatic heterocycles. The van der Waals surface area contributed by atoms with E-state index in [0.717, 1.165) is 0 Å². The second-order valence-corrected chi connectivity index (χ2v) is 3.92. The Morgan fingerprint density at radius 3 is 2.94 bits per heavy atom. The molecule has 1 aromatic rings. The first kappa shape index (κ1) is 10.9. The third-order valence-corrected chi connectivity index (χ3v) is 2.63. The van der Waals surface area contributed by atoms with Crippen LogP contribution in [-0.4, -0.2) is 16.9 Å². The Hall–Kier alpha value is -1.56. The highest BCUT2D eigenvalue weighted by molar-refractivity contribution is 5.96. The molecule has 0 aliphatic carbocycles. The molecule has 1 aliphatic rings. The Kier molecular flexibility index (Phi) is 2.59. The van der Waals surface area contributed by atoms with Crippen molar-refractivity contribution < 1.29 is 13.6 Å². The summed E-state index contributed by atoms with van der Waals surface area (Å²) in [5.41, 5.74) is 5.72. The molecule has 0 radical (unpaired) electrons. The number of carbonyl (C=O) groups excluding carboxylic acids is 1. The van der Waals surface area contributed by atoms with Gasteiger partial charge in [0.25, 0.3) is 0 Å². The molecule has 3 N–H and O–H groups in total. The summed E-state index contributed by atoms with van der Waals surface area (Å²) in [5.74, 6) is -2.46. The number of aromatic nitrogens is 1. The molecule has 0 bridgehead atoms. The highest BCUT2D eigenvalue weighted by atomic mass is 19.1. The Morgan fingerprint density at radius 1 is 1.56 bits per heavy atom. The molecule has 0 unspecified atom stereocenters. The van der Waals surface area contributed by atoms with Crippen LogP contribution in [0.2, 0.25) is 0 Å². The SMILES string of the molecule is C[C@H]1C[C@@H](N)C(=O)Nc2c(F)cc(F)nc21. The second-order valence-electron chi connectivity index (χ2n) is 3.92. The van der Waals surface area contributed by atoms with Crippen molar-refractivity contribution in [1.82, 2.24) is 4.98 Å². The minimum absolute atomic E-state index is 0.0631. The van der Waals surface area contributed by atoms with E-state index in [1.807, 2.05) is 0 Å². The Labute approximate surface area is 90.9 Å². The van der Waals surface area contributed by atoms with E-state index in [2.05, 4.69) is 10.3 Å². The minimum atomic E-state index is -0.896. The van der Waals surface area contributed by atoms with Crippen molar-refractivity contribution in [2.24, 2.45) is 5.73 Å². The topological polar surface area (TPSA) is 68.0 Å². The lowest BCUT2D eigenvalue weighted by Crippen LogP contribution is -2.34. The van der Waals surface area contributed by atoms with Crippen LogP contribution in [0.1, 0.15) is 25.0 Å². The fraction of sp³-hybridized carbons (Fsp3) is 0.400. The molecule has 6 heteroatoms. The van der Waals surface area contributed by atoms with E-state index in [1.165, 1.54) is 0 Å². The van der Waals surface area contributed by atoms with E-state index in [1.54, 1.807) is 6.92 Å². The summed E-state index contributed by atoms with van der Waals surface area (Å²) < 4.78 is 26.4. The molecule has 0 saturated carbocycles. The van der Waals surface area contributed by atoms with Gasteiger partial charge in [0.2, 0.25) is 11.9 Å². The molecular weight excluding hydrogens is 216 g/mol. The third kappa shape index (κ3) is 1.76. The summed E-state index contributed by atoms with van der Waals surface area (Å²) in [6, 6.07) is -0.0884.